The first-order valence-electron chi connectivity index (χ1n) is 7.37. The smallest absolute Gasteiger partial charge is 0.241 e. The number of likely N-dealkylation sites (N-methyl/N-ethyl adjacent to an activating group) is 1. The number of rotatable bonds is 6. The van der Waals surface area contributed by atoms with E-state index in [1.54, 1.807) is 32.0 Å². The van der Waals surface area contributed by atoms with E-state index in [0.29, 0.717) is 6.54 Å². The van der Waals surface area contributed by atoms with E-state index in [1.807, 2.05) is 24.3 Å². The Balaban J connectivity index is 1.95. The zero-order chi connectivity index (χ0) is 16.8. The average Bonchev–Trinajstić information content (AvgIpc) is 2.54. The highest BCUT2D eigenvalue weighted by molar-refractivity contribution is 5.81. The van der Waals surface area contributed by atoms with Crippen LogP contribution in [0.1, 0.15) is 11.1 Å². The van der Waals surface area contributed by atoms with E-state index in [1.165, 1.54) is 12.1 Å². The van der Waals surface area contributed by atoms with Gasteiger partial charge in [0.15, 0.2) is 0 Å². The molecule has 0 radical (unpaired) electrons. The topological polar surface area (TPSA) is 41.6 Å². The van der Waals surface area contributed by atoms with E-state index in [2.05, 4.69) is 5.32 Å². The van der Waals surface area contributed by atoms with Crippen LogP contribution in [0.15, 0.2) is 42.5 Å². The molecule has 0 saturated heterocycles. The van der Waals surface area contributed by atoms with Crippen molar-refractivity contribution < 1.29 is 13.9 Å². The fourth-order valence-corrected chi connectivity index (χ4v) is 2.31. The Kier molecular flexibility index (Phi) is 5.57. The molecule has 0 aromatic heterocycles. The number of aryl methyl sites for hydroxylation is 1. The molecule has 122 valence electrons. The number of hydrogen-bond donors (Lipinski definition) is 1. The number of para-hydroxylation sites is 1. The van der Waals surface area contributed by atoms with Crippen molar-refractivity contribution in [3.05, 3.63) is 59.4 Å². The molecule has 4 nitrogen and oxygen atoms in total. The number of nitrogens with one attached hydrogen (secondary N) is 1. The predicted molar refractivity (Wildman–Crippen MR) is 89.1 cm³/mol. The Morgan fingerprint density at radius 3 is 2.70 bits per heavy atom. The third kappa shape index (κ3) is 4.45. The van der Waals surface area contributed by atoms with Crippen molar-refractivity contribution in [3.63, 3.8) is 0 Å². The summed E-state index contributed by atoms with van der Waals surface area (Å²) in [4.78, 5) is 13.9. The second-order valence-electron chi connectivity index (χ2n) is 5.37. The number of ether oxygens (including phenoxy) is 1. The largest absolute Gasteiger partial charge is 0.496 e. The zero-order valence-corrected chi connectivity index (χ0v) is 13.6. The van der Waals surface area contributed by atoms with Gasteiger partial charge in [0, 0.05) is 24.8 Å². The lowest BCUT2D eigenvalue weighted by Crippen LogP contribution is -2.32. The van der Waals surface area contributed by atoms with Gasteiger partial charge >= 0.3 is 0 Å². The van der Waals surface area contributed by atoms with Gasteiger partial charge in [0.1, 0.15) is 11.6 Å². The standard InChI is InChI=1S/C18H21FN2O2/c1-13-10-15(19)8-9-16(13)20-11-18(22)21(2)12-14-6-4-5-7-17(14)23-3/h4-10,20H,11-12H2,1-3H3. The van der Waals surface area contributed by atoms with Crippen LogP contribution in [-0.4, -0.2) is 31.5 Å². The highest BCUT2D eigenvalue weighted by Crippen LogP contribution is 2.19. The maximum absolute atomic E-state index is 13.1. The minimum Gasteiger partial charge on any atom is -0.496 e. The summed E-state index contributed by atoms with van der Waals surface area (Å²) < 4.78 is 18.4. The van der Waals surface area contributed by atoms with Crippen molar-refractivity contribution in [2.75, 3.05) is 26.0 Å². The molecule has 0 aliphatic rings. The van der Waals surface area contributed by atoms with Gasteiger partial charge in [0.05, 0.1) is 13.7 Å². The highest BCUT2D eigenvalue weighted by atomic mass is 19.1. The van der Waals surface area contributed by atoms with Gasteiger partial charge < -0.3 is 15.0 Å². The van der Waals surface area contributed by atoms with Gasteiger partial charge in [-0.2, -0.15) is 0 Å². The first kappa shape index (κ1) is 16.8. The number of methoxy groups -OCH3 is 1. The number of carbonyl (C=O) groups excluding carboxylic acids is 1. The summed E-state index contributed by atoms with van der Waals surface area (Å²) in [5, 5.41) is 3.05. The van der Waals surface area contributed by atoms with Gasteiger partial charge in [0.2, 0.25) is 5.91 Å². The van der Waals surface area contributed by atoms with Gasteiger partial charge in [-0.15, -0.1) is 0 Å². The molecule has 5 heteroatoms. The van der Waals surface area contributed by atoms with Crippen LogP contribution in [0.3, 0.4) is 0 Å². The van der Waals surface area contributed by atoms with E-state index >= 15 is 0 Å². The van der Waals surface area contributed by atoms with E-state index in [-0.39, 0.29) is 18.3 Å². The minimum absolute atomic E-state index is 0.0559. The van der Waals surface area contributed by atoms with E-state index in [4.69, 9.17) is 4.74 Å². The summed E-state index contributed by atoms with van der Waals surface area (Å²) in [6.45, 7) is 2.42. The summed E-state index contributed by atoms with van der Waals surface area (Å²) >= 11 is 0. The zero-order valence-electron chi connectivity index (χ0n) is 13.6. The Labute approximate surface area is 135 Å². The molecule has 0 saturated carbocycles. The molecule has 2 aromatic carbocycles. The van der Waals surface area contributed by atoms with Crippen molar-refractivity contribution in [1.29, 1.82) is 0 Å². The van der Waals surface area contributed by atoms with Crippen LogP contribution in [0.2, 0.25) is 0 Å². The number of hydrogen-bond acceptors (Lipinski definition) is 3. The quantitative estimate of drug-likeness (QED) is 0.890. The number of carbonyl (C=O) groups is 1. The normalized spacial score (nSPS) is 10.3. The maximum atomic E-state index is 13.1. The molecular formula is C18H21FN2O2. The van der Waals surface area contributed by atoms with Crippen LogP contribution in [0.5, 0.6) is 5.75 Å². The summed E-state index contributed by atoms with van der Waals surface area (Å²) in [7, 11) is 3.35. The number of anilines is 1. The Bertz CT molecular complexity index is 688. The molecule has 0 heterocycles. The van der Waals surface area contributed by atoms with Crippen molar-refractivity contribution in [2.45, 2.75) is 13.5 Å². The SMILES string of the molecule is COc1ccccc1CN(C)C(=O)CNc1ccc(F)cc1C. The molecule has 0 unspecified atom stereocenters. The van der Waals surface area contributed by atoms with Crippen molar-refractivity contribution in [3.8, 4) is 5.75 Å². The number of benzene rings is 2. The molecule has 0 fully saturated rings. The van der Waals surface area contributed by atoms with Crippen molar-refractivity contribution >= 4 is 11.6 Å². The van der Waals surface area contributed by atoms with Crippen LogP contribution in [-0.2, 0) is 11.3 Å². The Morgan fingerprint density at radius 1 is 1.26 bits per heavy atom. The molecular weight excluding hydrogens is 295 g/mol. The number of amides is 1. The Hall–Kier alpha value is -2.56. The van der Waals surface area contributed by atoms with E-state index in [0.717, 1.165) is 22.6 Å². The molecule has 23 heavy (non-hydrogen) atoms. The average molecular weight is 316 g/mol. The molecule has 0 atom stereocenters. The summed E-state index contributed by atoms with van der Waals surface area (Å²) in [5.74, 6) is 0.418. The second-order valence-corrected chi connectivity index (χ2v) is 5.37. The molecule has 2 rings (SSSR count). The lowest BCUT2D eigenvalue weighted by molar-refractivity contribution is -0.128. The fourth-order valence-electron chi connectivity index (χ4n) is 2.31. The lowest BCUT2D eigenvalue weighted by atomic mass is 10.2. The molecule has 0 spiro atoms. The van der Waals surface area contributed by atoms with Crippen LogP contribution in [0.25, 0.3) is 0 Å². The fraction of sp³-hybridized carbons (Fsp3) is 0.278. The van der Waals surface area contributed by atoms with Gasteiger partial charge in [-0.05, 0) is 36.8 Å². The highest BCUT2D eigenvalue weighted by Gasteiger charge is 2.12. The van der Waals surface area contributed by atoms with Crippen molar-refractivity contribution in [1.82, 2.24) is 4.90 Å². The molecule has 2 aromatic rings. The third-order valence-electron chi connectivity index (χ3n) is 3.64. The molecule has 1 amide bonds. The molecule has 0 aliphatic heterocycles. The summed E-state index contributed by atoms with van der Waals surface area (Å²) in [6.07, 6.45) is 0. The van der Waals surface area contributed by atoms with Crippen LogP contribution in [0, 0.1) is 12.7 Å². The molecule has 1 N–H and O–H groups in total. The summed E-state index contributed by atoms with van der Waals surface area (Å²) in [5.41, 5.74) is 2.47. The maximum Gasteiger partial charge on any atom is 0.241 e. The first-order chi connectivity index (χ1) is 11.0. The van der Waals surface area contributed by atoms with Gasteiger partial charge in [-0.25, -0.2) is 4.39 Å². The van der Waals surface area contributed by atoms with Gasteiger partial charge in [0.25, 0.3) is 0 Å². The van der Waals surface area contributed by atoms with Gasteiger partial charge in [-0.1, -0.05) is 18.2 Å². The van der Waals surface area contributed by atoms with Crippen LogP contribution in [0.4, 0.5) is 10.1 Å². The van der Waals surface area contributed by atoms with E-state index < -0.39 is 0 Å². The van der Waals surface area contributed by atoms with Crippen LogP contribution < -0.4 is 10.1 Å². The van der Waals surface area contributed by atoms with Crippen LogP contribution >= 0.6 is 0 Å². The third-order valence-corrected chi connectivity index (χ3v) is 3.64. The Morgan fingerprint density at radius 2 is 2.00 bits per heavy atom. The minimum atomic E-state index is -0.285. The van der Waals surface area contributed by atoms with Gasteiger partial charge in [-0.3, -0.25) is 4.79 Å². The summed E-state index contributed by atoms with van der Waals surface area (Å²) in [6, 6.07) is 12.1. The second kappa shape index (κ2) is 7.63. The monoisotopic (exact) mass is 316 g/mol. The number of nitrogens with zero attached hydrogens (tertiary/aromatic N) is 1. The first-order valence-corrected chi connectivity index (χ1v) is 7.37. The van der Waals surface area contributed by atoms with E-state index in [9.17, 15) is 9.18 Å². The molecule has 0 aliphatic carbocycles. The predicted octanol–water partition coefficient (Wildman–Crippen LogP) is 3.21. The number of halogens is 1. The molecule has 0 bridgehead atoms. The lowest BCUT2D eigenvalue weighted by Gasteiger charge is -2.19. The van der Waals surface area contributed by atoms with Crippen molar-refractivity contribution in [2.24, 2.45) is 0 Å².